The molecule has 0 aliphatic heterocycles. The normalized spacial score (nSPS) is 9.77. The van der Waals surface area contributed by atoms with Crippen molar-refractivity contribution in [2.45, 2.75) is 5.33 Å². The Morgan fingerprint density at radius 1 is 1.77 bits per heavy atom. The fraction of sp³-hybridized carbons (Fsp3) is 0.250. The summed E-state index contributed by atoms with van der Waals surface area (Å²) in [6.45, 7) is 0. The van der Waals surface area contributed by atoms with Crippen LogP contribution in [0.5, 0.6) is 0 Å². The highest BCUT2D eigenvalue weighted by Crippen LogP contribution is 2.17. The summed E-state index contributed by atoms with van der Waals surface area (Å²) >= 11 is 9.05. The average molecular weight is 265 g/mol. The van der Waals surface area contributed by atoms with Crippen LogP contribution in [0.3, 0.4) is 0 Å². The maximum Gasteiger partial charge on any atom is 0.339 e. The Morgan fingerprint density at radius 3 is 2.92 bits per heavy atom. The van der Waals surface area contributed by atoms with E-state index in [-0.39, 0.29) is 0 Å². The van der Waals surface area contributed by atoms with Crippen molar-refractivity contribution >= 4 is 33.5 Å². The standard InChI is InChI=1S/C8H7BrClNO2/c1-13-8(12)5-2-6(10)7(3-9)11-4-5/h2,4H,3H2,1H3. The third-order valence-corrected chi connectivity index (χ3v) is 2.32. The molecule has 0 aromatic carbocycles. The Labute approximate surface area is 89.2 Å². The molecule has 0 fully saturated rings. The maximum atomic E-state index is 11.0. The van der Waals surface area contributed by atoms with E-state index in [1.165, 1.54) is 19.4 Å². The predicted octanol–water partition coefficient (Wildman–Crippen LogP) is 2.42. The summed E-state index contributed by atoms with van der Waals surface area (Å²) in [5, 5.41) is 1.02. The summed E-state index contributed by atoms with van der Waals surface area (Å²) in [5.74, 6) is -0.435. The molecule has 0 radical (unpaired) electrons. The SMILES string of the molecule is COC(=O)c1cnc(CBr)c(Cl)c1. The van der Waals surface area contributed by atoms with Gasteiger partial charge in [-0.05, 0) is 6.07 Å². The summed E-state index contributed by atoms with van der Waals surface area (Å²) < 4.78 is 4.52. The topological polar surface area (TPSA) is 39.2 Å². The van der Waals surface area contributed by atoms with Crippen LogP contribution in [-0.2, 0) is 10.1 Å². The minimum atomic E-state index is -0.435. The second-order valence-electron chi connectivity index (χ2n) is 2.28. The Balaban J connectivity index is 3.02. The number of ether oxygens (including phenoxy) is 1. The van der Waals surface area contributed by atoms with E-state index in [1.807, 2.05) is 0 Å². The molecule has 5 heteroatoms. The van der Waals surface area contributed by atoms with Crippen molar-refractivity contribution in [1.29, 1.82) is 0 Å². The monoisotopic (exact) mass is 263 g/mol. The molecule has 13 heavy (non-hydrogen) atoms. The highest BCUT2D eigenvalue weighted by molar-refractivity contribution is 9.08. The Bertz CT molecular complexity index is 330. The van der Waals surface area contributed by atoms with Gasteiger partial charge in [0.1, 0.15) is 0 Å². The molecule has 0 spiro atoms. The van der Waals surface area contributed by atoms with Crippen LogP contribution in [0.1, 0.15) is 16.1 Å². The molecule has 0 saturated heterocycles. The number of halogens is 2. The number of carbonyl (C=O) groups is 1. The number of esters is 1. The minimum absolute atomic E-state index is 0.359. The lowest BCUT2D eigenvalue weighted by Gasteiger charge is -2.01. The van der Waals surface area contributed by atoms with E-state index in [0.29, 0.717) is 21.6 Å². The molecule has 0 amide bonds. The lowest BCUT2D eigenvalue weighted by atomic mass is 10.2. The van der Waals surface area contributed by atoms with Gasteiger partial charge in [0.2, 0.25) is 0 Å². The van der Waals surface area contributed by atoms with Crippen molar-refractivity contribution in [2.24, 2.45) is 0 Å². The van der Waals surface area contributed by atoms with Gasteiger partial charge in [-0.2, -0.15) is 0 Å². The van der Waals surface area contributed by atoms with E-state index in [2.05, 4.69) is 25.7 Å². The fourth-order valence-electron chi connectivity index (χ4n) is 0.794. The van der Waals surface area contributed by atoms with Gasteiger partial charge in [0.25, 0.3) is 0 Å². The molecule has 0 aliphatic carbocycles. The predicted molar refractivity (Wildman–Crippen MR) is 53.2 cm³/mol. The number of carbonyl (C=O) groups excluding carboxylic acids is 1. The molecule has 1 rings (SSSR count). The van der Waals surface area contributed by atoms with Crippen LogP contribution in [0.15, 0.2) is 12.3 Å². The molecule has 0 aliphatic rings. The van der Waals surface area contributed by atoms with Gasteiger partial charge in [0.15, 0.2) is 0 Å². The molecule has 1 aromatic heterocycles. The van der Waals surface area contributed by atoms with Gasteiger partial charge in [-0.3, -0.25) is 4.98 Å². The van der Waals surface area contributed by atoms with Crippen molar-refractivity contribution in [3.05, 3.63) is 28.5 Å². The molecular formula is C8H7BrClNO2. The quantitative estimate of drug-likeness (QED) is 0.608. The van der Waals surface area contributed by atoms with Crippen molar-refractivity contribution in [3.63, 3.8) is 0 Å². The van der Waals surface area contributed by atoms with Crippen molar-refractivity contribution in [3.8, 4) is 0 Å². The van der Waals surface area contributed by atoms with Crippen LogP contribution < -0.4 is 0 Å². The molecule has 1 aromatic rings. The molecule has 1 heterocycles. The number of aromatic nitrogens is 1. The van der Waals surface area contributed by atoms with Crippen LogP contribution in [0.4, 0.5) is 0 Å². The van der Waals surface area contributed by atoms with Crippen LogP contribution in [0, 0.1) is 0 Å². The number of alkyl halides is 1. The van der Waals surface area contributed by atoms with Crippen LogP contribution >= 0.6 is 27.5 Å². The number of rotatable bonds is 2. The first-order chi connectivity index (χ1) is 6.19. The van der Waals surface area contributed by atoms with Gasteiger partial charge in [-0.25, -0.2) is 4.79 Å². The molecule has 0 saturated carbocycles. The van der Waals surface area contributed by atoms with E-state index < -0.39 is 5.97 Å². The first-order valence-electron chi connectivity index (χ1n) is 3.47. The van der Waals surface area contributed by atoms with Crippen molar-refractivity contribution in [1.82, 2.24) is 4.98 Å². The molecule has 70 valence electrons. The third kappa shape index (κ3) is 2.42. The van der Waals surface area contributed by atoms with Gasteiger partial charge in [-0.1, -0.05) is 27.5 Å². The summed E-state index contributed by atoms with van der Waals surface area (Å²) in [5.41, 5.74) is 1.06. The first-order valence-corrected chi connectivity index (χ1v) is 4.97. The zero-order valence-electron chi connectivity index (χ0n) is 6.88. The highest BCUT2D eigenvalue weighted by atomic mass is 79.9. The summed E-state index contributed by atoms with van der Waals surface area (Å²) in [6.07, 6.45) is 1.44. The molecule has 0 bridgehead atoms. The largest absolute Gasteiger partial charge is 0.465 e. The zero-order valence-corrected chi connectivity index (χ0v) is 9.22. The molecule has 0 unspecified atom stereocenters. The second-order valence-corrected chi connectivity index (χ2v) is 3.25. The Morgan fingerprint density at radius 2 is 2.46 bits per heavy atom. The zero-order chi connectivity index (χ0) is 9.84. The van der Waals surface area contributed by atoms with Crippen LogP contribution in [-0.4, -0.2) is 18.1 Å². The van der Waals surface area contributed by atoms with Gasteiger partial charge in [-0.15, -0.1) is 0 Å². The van der Waals surface area contributed by atoms with E-state index in [0.717, 1.165) is 0 Å². The van der Waals surface area contributed by atoms with Gasteiger partial charge < -0.3 is 4.74 Å². The molecule has 3 nitrogen and oxygen atoms in total. The van der Waals surface area contributed by atoms with Gasteiger partial charge in [0.05, 0.1) is 23.4 Å². The maximum absolute atomic E-state index is 11.0. The summed E-state index contributed by atoms with van der Waals surface area (Å²) in [4.78, 5) is 15.0. The first kappa shape index (κ1) is 10.5. The number of hydrogen-bond acceptors (Lipinski definition) is 3. The van der Waals surface area contributed by atoms with Gasteiger partial charge in [0, 0.05) is 11.5 Å². The smallest absolute Gasteiger partial charge is 0.339 e. The van der Waals surface area contributed by atoms with E-state index >= 15 is 0 Å². The third-order valence-electron chi connectivity index (χ3n) is 1.47. The van der Waals surface area contributed by atoms with Crippen molar-refractivity contribution in [2.75, 3.05) is 7.11 Å². The van der Waals surface area contributed by atoms with Crippen molar-refractivity contribution < 1.29 is 9.53 Å². The number of hydrogen-bond donors (Lipinski definition) is 0. The lowest BCUT2D eigenvalue weighted by Crippen LogP contribution is -2.02. The Hall–Kier alpha value is -0.610. The fourth-order valence-corrected chi connectivity index (χ4v) is 1.64. The molecular weight excluding hydrogens is 257 g/mol. The number of methoxy groups -OCH3 is 1. The molecule has 0 atom stereocenters. The summed E-state index contributed by atoms with van der Waals surface area (Å²) in [7, 11) is 1.31. The second kappa shape index (κ2) is 4.58. The van der Waals surface area contributed by atoms with E-state index in [9.17, 15) is 4.79 Å². The van der Waals surface area contributed by atoms with Gasteiger partial charge >= 0.3 is 5.97 Å². The average Bonchev–Trinajstić information content (AvgIpc) is 2.16. The van der Waals surface area contributed by atoms with Crippen LogP contribution in [0.25, 0.3) is 0 Å². The molecule has 0 N–H and O–H groups in total. The number of pyridine rings is 1. The Kier molecular flexibility index (Phi) is 3.69. The van der Waals surface area contributed by atoms with Crippen LogP contribution in [0.2, 0.25) is 5.02 Å². The highest BCUT2D eigenvalue weighted by Gasteiger charge is 2.08. The van der Waals surface area contributed by atoms with E-state index in [1.54, 1.807) is 0 Å². The lowest BCUT2D eigenvalue weighted by molar-refractivity contribution is 0.0600. The minimum Gasteiger partial charge on any atom is -0.465 e. The number of nitrogens with zero attached hydrogens (tertiary/aromatic N) is 1. The summed E-state index contributed by atoms with van der Waals surface area (Å²) in [6, 6.07) is 1.54. The van der Waals surface area contributed by atoms with E-state index in [4.69, 9.17) is 11.6 Å².